The third-order valence-corrected chi connectivity index (χ3v) is 6.50. The Bertz CT molecular complexity index is 852. The van der Waals surface area contributed by atoms with Crippen molar-refractivity contribution in [1.29, 1.82) is 0 Å². The summed E-state index contributed by atoms with van der Waals surface area (Å²) in [5.41, 5.74) is 0.863. The summed E-state index contributed by atoms with van der Waals surface area (Å²) in [6.07, 6.45) is 0.954. The quantitative estimate of drug-likeness (QED) is 0.346. The molecule has 0 radical (unpaired) electrons. The van der Waals surface area contributed by atoms with Crippen molar-refractivity contribution in [2.45, 2.75) is 17.9 Å². The van der Waals surface area contributed by atoms with Gasteiger partial charge in [0.15, 0.2) is 5.96 Å². The topological polar surface area (TPSA) is 83.0 Å². The number of thiophene rings is 1. The average molecular weight is 425 g/mol. The van der Waals surface area contributed by atoms with Crippen LogP contribution in [0, 0.1) is 0 Å². The van der Waals surface area contributed by atoms with Gasteiger partial charge >= 0.3 is 0 Å². The van der Waals surface area contributed by atoms with Crippen molar-refractivity contribution < 1.29 is 13.2 Å². The van der Waals surface area contributed by atoms with Crippen LogP contribution in [0.3, 0.4) is 0 Å². The van der Waals surface area contributed by atoms with Gasteiger partial charge in [0.1, 0.15) is 0 Å². The van der Waals surface area contributed by atoms with Crippen LogP contribution >= 0.6 is 11.3 Å². The van der Waals surface area contributed by atoms with E-state index in [1.165, 1.54) is 12.0 Å². The van der Waals surface area contributed by atoms with Crippen molar-refractivity contribution in [2.75, 3.05) is 40.9 Å². The summed E-state index contributed by atoms with van der Waals surface area (Å²) >= 11 is 1.75. The summed E-state index contributed by atoms with van der Waals surface area (Å²) in [6, 6.07) is 11.1. The molecule has 0 amide bonds. The molecule has 0 aliphatic heterocycles. The summed E-state index contributed by atoms with van der Waals surface area (Å²) in [7, 11) is 1.72. The highest BCUT2D eigenvalue weighted by molar-refractivity contribution is 7.89. The minimum absolute atomic E-state index is 0.239. The lowest BCUT2D eigenvalue weighted by Gasteiger charge is -2.22. The molecule has 0 aliphatic carbocycles. The number of hydrogen-bond donors (Lipinski definition) is 2. The Hall–Kier alpha value is -1.94. The molecule has 0 aliphatic rings. The van der Waals surface area contributed by atoms with Gasteiger partial charge in [-0.1, -0.05) is 18.2 Å². The summed E-state index contributed by atoms with van der Waals surface area (Å²) in [5, 5.41) is 5.37. The number of ether oxygens (including phenoxy) is 1. The van der Waals surface area contributed by atoms with Crippen LogP contribution in [-0.4, -0.2) is 60.2 Å². The van der Waals surface area contributed by atoms with Crippen LogP contribution in [0.1, 0.15) is 10.4 Å². The van der Waals surface area contributed by atoms with E-state index >= 15 is 0 Å². The standard InChI is InChI=1S/C19H28N4O3S2/c1-20-19(23(2)11-9-17-7-5-13-27-17)21-15-16-6-4-8-18(14-16)28(24,25)22-10-12-26-3/h4-8,13-14,22H,9-12,15H2,1-3H3,(H,20,21). The van der Waals surface area contributed by atoms with Crippen LogP contribution in [-0.2, 0) is 27.7 Å². The van der Waals surface area contributed by atoms with E-state index in [-0.39, 0.29) is 11.4 Å². The fraction of sp³-hybridized carbons (Fsp3) is 0.421. The number of guanidine groups is 1. The van der Waals surface area contributed by atoms with E-state index in [2.05, 4.69) is 37.4 Å². The molecule has 7 nitrogen and oxygen atoms in total. The van der Waals surface area contributed by atoms with Crippen molar-refractivity contribution >= 4 is 27.3 Å². The normalized spacial score (nSPS) is 12.2. The molecule has 0 fully saturated rings. The predicted octanol–water partition coefficient (Wildman–Crippen LogP) is 1.92. The molecule has 0 saturated heterocycles. The number of aliphatic imine (C=N–C) groups is 1. The number of nitrogens with zero attached hydrogens (tertiary/aromatic N) is 2. The number of hydrogen-bond acceptors (Lipinski definition) is 5. The minimum atomic E-state index is -3.55. The Morgan fingerprint density at radius 1 is 1.29 bits per heavy atom. The van der Waals surface area contributed by atoms with E-state index < -0.39 is 10.0 Å². The van der Waals surface area contributed by atoms with Gasteiger partial charge in [0, 0.05) is 45.7 Å². The maximum atomic E-state index is 12.3. The molecule has 1 aromatic carbocycles. The van der Waals surface area contributed by atoms with E-state index in [1.54, 1.807) is 36.6 Å². The lowest BCUT2D eigenvalue weighted by atomic mass is 10.2. The lowest BCUT2D eigenvalue weighted by Crippen LogP contribution is -2.39. The van der Waals surface area contributed by atoms with Gasteiger partial charge < -0.3 is 15.0 Å². The third kappa shape index (κ3) is 6.90. The van der Waals surface area contributed by atoms with E-state index in [1.807, 2.05) is 13.1 Å². The molecule has 2 rings (SSSR count). The van der Waals surface area contributed by atoms with E-state index in [9.17, 15) is 8.42 Å². The summed E-state index contributed by atoms with van der Waals surface area (Å²) in [5.74, 6) is 0.767. The molecule has 2 N–H and O–H groups in total. The number of rotatable bonds is 10. The first-order valence-electron chi connectivity index (χ1n) is 8.98. The van der Waals surface area contributed by atoms with Crippen molar-refractivity contribution in [3.8, 4) is 0 Å². The summed E-state index contributed by atoms with van der Waals surface area (Å²) in [4.78, 5) is 7.95. The zero-order chi connectivity index (χ0) is 20.4. The van der Waals surface area contributed by atoms with Crippen LogP contribution in [0.25, 0.3) is 0 Å². The van der Waals surface area contributed by atoms with E-state index in [0.717, 1.165) is 24.5 Å². The van der Waals surface area contributed by atoms with E-state index in [0.29, 0.717) is 13.2 Å². The van der Waals surface area contributed by atoms with Crippen molar-refractivity contribution in [3.05, 3.63) is 52.2 Å². The molecule has 0 unspecified atom stereocenters. The molecule has 0 saturated carbocycles. The molecule has 1 aromatic heterocycles. The van der Waals surface area contributed by atoms with Crippen molar-refractivity contribution in [3.63, 3.8) is 0 Å². The van der Waals surface area contributed by atoms with Gasteiger partial charge in [-0.05, 0) is 35.6 Å². The van der Waals surface area contributed by atoms with Crippen LogP contribution < -0.4 is 10.0 Å². The SMILES string of the molecule is CN=C(NCc1cccc(S(=O)(=O)NCCOC)c1)N(C)CCc1cccs1. The van der Waals surface area contributed by atoms with Gasteiger partial charge in [0.2, 0.25) is 10.0 Å². The highest BCUT2D eigenvalue weighted by Crippen LogP contribution is 2.12. The maximum absolute atomic E-state index is 12.3. The van der Waals surface area contributed by atoms with Crippen LogP contribution in [0.15, 0.2) is 51.7 Å². The molecule has 0 spiro atoms. The number of methoxy groups -OCH3 is 1. The van der Waals surface area contributed by atoms with Crippen LogP contribution in [0.4, 0.5) is 0 Å². The van der Waals surface area contributed by atoms with Crippen LogP contribution in [0.5, 0.6) is 0 Å². The number of nitrogens with one attached hydrogen (secondary N) is 2. The Kier molecular flexibility index (Phi) is 8.91. The zero-order valence-electron chi connectivity index (χ0n) is 16.5. The second-order valence-electron chi connectivity index (χ2n) is 6.19. The number of likely N-dealkylation sites (N-methyl/N-ethyl adjacent to an activating group) is 1. The summed E-state index contributed by atoms with van der Waals surface area (Å²) in [6.45, 7) is 1.90. The predicted molar refractivity (Wildman–Crippen MR) is 114 cm³/mol. The van der Waals surface area contributed by atoms with Crippen molar-refractivity contribution in [1.82, 2.24) is 14.9 Å². The molecular weight excluding hydrogens is 396 g/mol. The molecule has 154 valence electrons. The van der Waals surface area contributed by atoms with Gasteiger partial charge in [-0.25, -0.2) is 13.1 Å². The Morgan fingerprint density at radius 3 is 2.79 bits per heavy atom. The molecule has 9 heteroatoms. The first-order valence-corrected chi connectivity index (χ1v) is 11.3. The lowest BCUT2D eigenvalue weighted by molar-refractivity contribution is 0.204. The Labute approximate surface area is 171 Å². The largest absolute Gasteiger partial charge is 0.383 e. The molecule has 0 bridgehead atoms. The Balaban J connectivity index is 1.93. The Morgan fingerprint density at radius 2 is 2.11 bits per heavy atom. The van der Waals surface area contributed by atoms with Crippen molar-refractivity contribution in [2.24, 2.45) is 4.99 Å². The molecular formula is C19H28N4O3S2. The van der Waals surface area contributed by atoms with Gasteiger partial charge in [-0.3, -0.25) is 4.99 Å². The highest BCUT2D eigenvalue weighted by atomic mass is 32.2. The molecule has 2 aromatic rings. The molecule has 0 atom stereocenters. The smallest absolute Gasteiger partial charge is 0.240 e. The minimum Gasteiger partial charge on any atom is -0.383 e. The van der Waals surface area contributed by atoms with Crippen LogP contribution in [0.2, 0.25) is 0 Å². The first-order chi connectivity index (χ1) is 13.5. The summed E-state index contributed by atoms with van der Waals surface area (Å²) < 4.78 is 32.1. The second kappa shape index (κ2) is 11.2. The fourth-order valence-corrected chi connectivity index (χ4v) is 4.37. The highest BCUT2D eigenvalue weighted by Gasteiger charge is 2.14. The van der Waals surface area contributed by atoms with Gasteiger partial charge in [-0.2, -0.15) is 0 Å². The molecule has 28 heavy (non-hydrogen) atoms. The van der Waals surface area contributed by atoms with Gasteiger partial charge in [0.05, 0.1) is 11.5 Å². The average Bonchev–Trinajstić information content (AvgIpc) is 3.21. The zero-order valence-corrected chi connectivity index (χ0v) is 18.1. The first kappa shape index (κ1) is 22.4. The van der Waals surface area contributed by atoms with Gasteiger partial charge in [0.25, 0.3) is 0 Å². The number of sulfonamides is 1. The number of benzene rings is 1. The maximum Gasteiger partial charge on any atom is 0.240 e. The third-order valence-electron chi connectivity index (χ3n) is 4.10. The fourth-order valence-electron chi connectivity index (χ4n) is 2.59. The monoisotopic (exact) mass is 424 g/mol. The van der Waals surface area contributed by atoms with E-state index in [4.69, 9.17) is 4.74 Å². The molecule has 1 heterocycles. The second-order valence-corrected chi connectivity index (χ2v) is 8.99. The van der Waals surface area contributed by atoms with Gasteiger partial charge in [-0.15, -0.1) is 11.3 Å².